The van der Waals surface area contributed by atoms with E-state index in [1.54, 1.807) is 0 Å². The van der Waals surface area contributed by atoms with Crippen LogP contribution in [0.5, 0.6) is 11.5 Å². The maximum atomic E-state index is 12.6. The van der Waals surface area contributed by atoms with Gasteiger partial charge in [0.05, 0.1) is 19.8 Å². The highest BCUT2D eigenvalue weighted by Gasteiger charge is 2.59. The first kappa shape index (κ1) is 15.9. The van der Waals surface area contributed by atoms with Gasteiger partial charge in [-0.3, -0.25) is 9.69 Å². The van der Waals surface area contributed by atoms with Crippen LogP contribution in [0.1, 0.15) is 32.3 Å². The van der Waals surface area contributed by atoms with Gasteiger partial charge in [-0.2, -0.15) is 0 Å². The fraction of sp³-hybridized carbons (Fsp3) is 0.579. The van der Waals surface area contributed by atoms with E-state index < -0.39 is 5.54 Å². The van der Waals surface area contributed by atoms with Gasteiger partial charge >= 0.3 is 6.03 Å². The molecule has 7 heteroatoms. The lowest BCUT2D eigenvalue weighted by molar-refractivity contribution is -0.151. The Labute approximate surface area is 151 Å². The van der Waals surface area contributed by atoms with Crippen LogP contribution in [-0.4, -0.2) is 54.3 Å². The third kappa shape index (κ3) is 2.09. The smallest absolute Gasteiger partial charge is 0.325 e. The summed E-state index contributed by atoms with van der Waals surface area (Å²) in [5, 5.41) is 2.78. The van der Waals surface area contributed by atoms with Crippen LogP contribution in [0, 0.1) is 0 Å². The molecule has 4 aliphatic rings. The monoisotopic (exact) mass is 358 g/mol. The summed E-state index contributed by atoms with van der Waals surface area (Å²) < 4.78 is 17.1. The third-order valence-corrected chi connectivity index (χ3v) is 5.87. The number of imide groups is 1. The molecule has 5 rings (SSSR count). The van der Waals surface area contributed by atoms with E-state index >= 15 is 0 Å². The van der Waals surface area contributed by atoms with Crippen molar-refractivity contribution in [3.8, 4) is 11.5 Å². The summed E-state index contributed by atoms with van der Waals surface area (Å²) in [4.78, 5) is 26.1. The molecular weight excluding hydrogens is 336 g/mol. The average Bonchev–Trinajstić information content (AvgIpc) is 2.98. The van der Waals surface area contributed by atoms with Gasteiger partial charge in [0.25, 0.3) is 5.91 Å². The Morgan fingerprint density at radius 1 is 1.19 bits per heavy atom. The minimum Gasteiger partial charge on any atom is -0.492 e. The molecule has 1 aromatic rings. The van der Waals surface area contributed by atoms with Crippen LogP contribution < -0.4 is 14.8 Å². The third-order valence-electron chi connectivity index (χ3n) is 5.87. The Hall–Kier alpha value is -2.28. The van der Waals surface area contributed by atoms with Gasteiger partial charge in [-0.15, -0.1) is 0 Å². The van der Waals surface area contributed by atoms with Crippen molar-refractivity contribution in [1.82, 2.24) is 10.2 Å². The lowest BCUT2D eigenvalue weighted by Crippen LogP contribution is -2.63. The lowest BCUT2D eigenvalue weighted by Gasteiger charge is -2.41. The van der Waals surface area contributed by atoms with Crippen LogP contribution in [0.3, 0.4) is 0 Å². The molecule has 0 radical (unpaired) electrons. The van der Waals surface area contributed by atoms with Crippen molar-refractivity contribution in [3.63, 3.8) is 0 Å². The molecule has 7 nitrogen and oxygen atoms in total. The van der Waals surface area contributed by atoms with Gasteiger partial charge in [0, 0.05) is 29.9 Å². The molecule has 0 bridgehead atoms. The number of nitrogens with zero attached hydrogens (tertiary/aromatic N) is 1. The fourth-order valence-corrected chi connectivity index (χ4v) is 4.23. The summed E-state index contributed by atoms with van der Waals surface area (Å²) in [6.45, 7) is 5.46. The molecule has 1 aromatic carbocycles. The first-order valence-electron chi connectivity index (χ1n) is 9.06. The minimum atomic E-state index is -0.815. The Bertz CT molecular complexity index is 795. The van der Waals surface area contributed by atoms with E-state index in [2.05, 4.69) is 19.2 Å². The van der Waals surface area contributed by atoms with Gasteiger partial charge in [0.15, 0.2) is 5.54 Å². The summed E-state index contributed by atoms with van der Waals surface area (Å²) in [7, 11) is 0. The van der Waals surface area contributed by atoms with Gasteiger partial charge in [0.2, 0.25) is 0 Å². The van der Waals surface area contributed by atoms with Crippen molar-refractivity contribution in [3.05, 3.63) is 23.8 Å². The van der Waals surface area contributed by atoms with E-state index in [0.717, 1.165) is 17.1 Å². The highest BCUT2D eigenvalue weighted by atomic mass is 16.5. The molecule has 3 amide bonds. The second kappa shape index (κ2) is 5.13. The SMILES string of the molecule is CC1(C)COc2cccc(OC3CC(N4C(=O)NC5(COC5)C4=O)C3)c21. The van der Waals surface area contributed by atoms with Crippen LogP contribution in [-0.2, 0) is 14.9 Å². The molecule has 26 heavy (non-hydrogen) atoms. The molecule has 0 unspecified atom stereocenters. The van der Waals surface area contributed by atoms with Gasteiger partial charge in [-0.25, -0.2) is 4.79 Å². The number of urea groups is 1. The molecule has 1 saturated carbocycles. The van der Waals surface area contributed by atoms with Gasteiger partial charge in [-0.1, -0.05) is 19.9 Å². The molecule has 3 aliphatic heterocycles. The number of rotatable bonds is 3. The van der Waals surface area contributed by atoms with Crippen molar-refractivity contribution in [2.24, 2.45) is 0 Å². The highest BCUT2D eigenvalue weighted by molar-refractivity contribution is 6.08. The van der Waals surface area contributed by atoms with E-state index in [0.29, 0.717) is 19.4 Å². The Morgan fingerprint density at radius 2 is 1.96 bits per heavy atom. The van der Waals surface area contributed by atoms with Crippen molar-refractivity contribution in [2.45, 2.75) is 49.8 Å². The second-order valence-corrected chi connectivity index (χ2v) is 8.35. The van der Waals surface area contributed by atoms with Gasteiger partial charge in [0.1, 0.15) is 17.6 Å². The topological polar surface area (TPSA) is 77.1 Å². The molecular formula is C19H22N2O5. The summed E-state index contributed by atoms with van der Waals surface area (Å²) in [6.07, 6.45) is 1.31. The van der Waals surface area contributed by atoms with Crippen LogP contribution in [0.4, 0.5) is 4.79 Å². The Kier molecular flexibility index (Phi) is 3.14. The summed E-state index contributed by atoms with van der Waals surface area (Å²) >= 11 is 0. The van der Waals surface area contributed by atoms with Gasteiger partial charge in [-0.05, 0) is 12.1 Å². The summed E-state index contributed by atoms with van der Waals surface area (Å²) in [5.74, 6) is 1.56. The summed E-state index contributed by atoms with van der Waals surface area (Å²) in [5.41, 5.74) is 0.199. The average molecular weight is 358 g/mol. The molecule has 3 heterocycles. The minimum absolute atomic E-state index is 0.00214. The predicted octanol–water partition coefficient (Wildman–Crippen LogP) is 1.59. The second-order valence-electron chi connectivity index (χ2n) is 8.35. The number of hydrogen-bond donors (Lipinski definition) is 1. The fourth-order valence-electron chi connectivity index (χ4n) is 4.23. The van der Waals surface area contributed by atoms with Crippen LogP contribution >= 0.6 is 0 Å². The van der Waals surface area contributed by atoms with Crippen molar-refractivity contribution in [2.75, 3.05) is 19.8 Å². The molecule has 0 aromatic heterocycles. The summed E-state index contributed by atoms with van der Waals surface area (Å²) in [6, 6.07) is 5.46. The highest BCUT2D eigenvalue weighted by Crippen LogP contribution is 2.45. The molecule has 1 aliphatic carbocycles. The van der Waals surface area contributed by atoms with Crippen LogP contribution in [0.2, 0.25) is 0 Å². The Balaban J connectivity index is 1.27. The zero-order valence-electron chi connectivity index (χ0n) is 14.9. The van der Waals surface area contributed by atoms with Crippen molar-refractivity contribution < 1.29 is 23.8 Å². The first-order valence-corrected chi connectivity index (χ1v) is 9.06. The predicted molar refractivity (Wildman–Crippen MR) is 91.3 cm³/mol. The van der Waals surface area contributed by atoms with Crippen molar-refractivity contribution in [1.29, 1.82) is 0 Å². The largest absolute Gasteiger partial charge is 0.492 e. The number of ether oxygens (including phenoxy) is 3. The van der Waals surface area contributed by atoms with E-state index in [9.17, 15) is 9.59 Å². The number of amides is 3. The Morgan fingerprint density at radius 3 is 2.62 bits per heavy atom. The molecule has 1 spiro atoms. The number of carbonyl (C=O) groups is 2. The van der Waals surface area contributed by atoms with Crippen LogP contribution in [0.25, 0.3) is 0 Å². The standard InChI is InChI=1S/C19H22N2O5/c1-18(2)8-25-13-4-3-5-14(15(13)18)26-12-6-11(7-12)21-16(22)19(9-24-10-19)20-17(21)23/h3-5,11-12H,6-10H2,1-2H3,(H,20,23). The number of hydrogen-bond acceptors (Lipinski definition) is 5. The molecule has 1 N–H and O–H groups in total. The maximum absolute atomic E-state index is 12.6. The normalized spacial score (nSPS) is 30.3. The van der Waals surface area contributed by atoms with Crippen molar-refractivity contribution >= 4 is 11.9 Å². The van der Waals surface area contributed by atoms with E-state index in [-0.39, 0.29) is 42.7 Å². The zero-order chi connectivity index (χ0) is 18.1. The number of nitrogens with one attached hydrogen (secondary N) is 1. The maximum Gasteiger partial charge on any atom is 0.325 e. The number of fused-ring (bicyclic) bond motifs is 1. The van der Waals surface area contributed by atoms with E-state index in [1.807, 2.05) is 18.2 Å². The lowest BCUT2D eigenvalue weighted by atomic mass is 9.85. The zero-order valence-corrected chi connectivity index (χ0v) is 14.9. The molecule has 0 atom stereocenters. The number of carbonyl (C=O) groups excluding carboxylic acids is 2. The van der Waals surface area contributed by atoms with Gasteiger partial charge < -0.3 is 19.5 Å². The number of benzene rings is 1. The molecule has 2 saturated heterocycles. The van der Waals surface area contributed by atoms with E-state index in [4.69, 9.17) is 14.2 Å². The first-order chi connectivity index (χ1) is 12.4. The molecule has 3 fully saturated rings. The van der Waals surface area contributed by atoms with E-state index in [1.165, 1.54) is 4.90 Å². The van der Waals surface area contributed by atoms with Crippen LogP contribution in [0.15, 0.2) is 18.2 Å². The molecule has 138 valence electrons. The quantitative estimate of drug-likeness (QED) is 0.831.